The van der Waals surface area contributed by atoms with Crippen LogP contribution in [-0.4, -0.2) is 15.9 Å². The number of fused-ring (bicyclic) bond motifs is 1. The van der Waals surface area contributed by atoms with Crippen molar-refractivity contribution in [1.29, 1.82) is 0 Å². The van der Waals surface area contributed by atoms with E-state index in [1.54, 1.807) is 29.4 Å². The second kappa shape index (κ2) is 5.77. The van der Waals surface area contributed by atoms with Gasteiger partial charge in [-0.05, 0) is 42.0 Å². The van der Waals surface area contributed by atoms with E-state index < -0.39 is 0 Å². The van der Waals surface area contributed by atoms with E-state index in [-0.39, 0.29) is 17.8 Å². The van der Waals surface area contributed by atoms with Gasteiger partial charge in [0.2, 0.25) is 0 Å². The van der Waals surface area contributed by atoms with E-state index in [0.29, 0.717) is 17.9 Å². The molecule has 5 nitrogen and oxygen atoms in total. The quantitative estimate of drug-likeness (QED) is 0.771. The first-order valence-electron chi connectivity index (χ1n) is 7.70. The van der Waals surface area contributed by atoms with E-state index >= 15 is 0 Å². The van der Waals surface area contributed by atoms with Gasteiger partial charge in [-0.15, -0.1) is 0 Å². The van der Waals surface area contributed by atoms with Crippen LogP contribution < -0.4 is 5.32 Å². The minimum absolute atomic E-state index is 0.0566. The third kappa shape index (κ3) is 2.50. The van der Waals surface area contributed by atoms with Crippen LogP contribution in [0.25, 0.3) is 0 Å². The highest BCUT2D eigenvalue weighted by atomic mass is 16.3. The Hall–Kier alpha value is -3.21. The zero-order chi connectivity index (χ0) is 16.5. The molecule has 0 saturated carbocycles. The van der Waals surface area contributed by atoms with E-state index in [0.717, 1.165) is 11.3 Å². The van der Waals surface area contributed by atoms with Crippen molar-refractivity contribution in [2.24, 2.45) is 0 Å². The van der Waals surface area contributed by atoms with Crippen LogP contribution in [0.1, 0.15) is 27.8 Å². The van der Waals surface area contributed by atoms with E-state index in [2.05, 4.69) is 5.32 Å². The summed E-state index contributed by atoms with van der Waals surface area (Å²) < 4.78 is 5.41. The summed E-state index contributed by atoms with van der Waals surface area (Å²) in [5, 5.41) is 12.9. The lowest BCUT2D eigenvalue weighted by Gasteiger charge is -2.37. The Bertz CT molecular complexity index is 857. The summed E-state index contributed by atoms with van der Waals surface area (Å²) in [4.78, 5) is 14.7. The van der Waals surface area contributed by atoms with E-state index in [1.165, 1.54) is 0 Å². The maximum Gasteiger partial charge on any atom is 0.258 e. The Labute approximate surface area is 139 Å². The number of para-hydroxylation sites is 1. The molecular formula is C19H16N2O3. The highest BCUT2D eigenvalue weighted by molar-refractivity contribution is 6.01. The fourth-order valence-corrected chi connectivity index (χ4v) is 2.95. The number of phenols is 1. The van der Waals surface area contributed by atoms with Crippen LogP contribution >= 0.6 is 0 Å². The molecule has 2 heterocycles. The molecule has 2 aromatic carbocycles. The van der Waals surface area contributed by atoms with Crippen molar-refractivity contribution in [3.63, 3.8) is 0 Å². The summed E-state index contributed by atoms with van der Waals surface area (Å²) >= 11 is 0. The molecule has 0 fully saturated rings. The minimum atomic E-state index is -0.335. The lowest BCUT2D eigenvalue weighted by molar-refractivity contribution is 0.0651. The summed E-state index contributed by atoms with van der Waals surface area (Å²) in [5.41, 5.74) is 2.33. The number of nitrogens with one attached hydrogen (secondary N) is 1. The van der Waals surface area contributed by atoms with Gasteiger partial charge in [0.1, 0.15) is 17.7 Å². The number of benzene rings is 2. The third-order valence-corrected chi connectivity index (χ3v) is 4.14. The number of nitrogens with zero attached hydrogens (tertiary/aromatic N) is 1. The van der Waals surface area contributed by atoms with Crippen LogP contribution in [0.2, 0.25) is 0 Å². The molecule has 1 aromatic heterocycles. The van der Waals surface area contributed by atoms with Gasteiger partial charge in [-0.3, -0.25) is 4.79 Å². The van der Waals surface area contributed by atoms with Gasteiger partial charge in [0.15, 0.2) is 0 Å². The molecule has 5 heteroatoms. The number of aromatic hydroxyl groups is 1. The lowest BCUT2D eigenvalue weighted by Crippen LogP contribution is -2.42. The molecule has 2 N–H and O–H groups in total. The summed E-state index contributed by atoms with van der Waals surface area (Å²) in [6.07, 6.45) is 1.26. The lowest BCUT2D eigenvalue weighted by atomic mass is 10.0. The molecule has 1 aliphatic heterocycles. The van der Waals surface area contributed by atoms with Crippen molar-refractivity contribution < 1.29 is 14.3 Å². The number of furan rings is 1. The molecule has 1 atom stereocenters. The van der Waals surface area contributed by atoms with Gasteiger partial charge in [0, 0.05) is 5.69 Å². The Morgan fingerprint density at radius 2 is 1.83 bits per heavy atom. The Morgan fingerprint density at radius 3 is 2.58 bits per heavy atom. The molecule has 0 unspecified atom stereocenters. The van der Waals surface area contributed by atoms with Gasteiger partial charge in [0.25, 0.3) is 5.91 Å². The molecule has 1 amide bonds. The van der Waals surface area contributed by atoms with E-state index in [1.807, 2.05) is 42.5 Å². The smallest absolute Gasteiger partial charge is 0.258 e. The number of phenolic OH excluding ortho intramolecular Hbond substituents is 1. The van der Waals surface area contributed by atoms with Gasteiger partial charge in [-0.25, -0.2) is 0 Å². The molecule has 120 valence electrons. The predicted octanol–water partition coefficient (Wildman–Crippen LogP) is 3.75. The van der Waals surface area contributed by atoms with Crippen molar-refractivity contribution in [1.82, 2.24) is 4.90 Å². The van der Waals surface area contributed by atoms with Crippen LogP contribution in [0.3, 0.4) is 0 Å². The number of carbonyl (C=O) groups is 1. The fraction of sp³-hybridized carbons (Fsp3) is 0.105. The number of carbonyl (C=O) groups excluding carboxylic acids is 1. The van der Waals surface area contributed by atoms with Crippen molar-refractivity contribution >= 4 is 11.6 Å². The molecule has 24 heavy (non-hydrogen) atoms. The SMILES string of the molecule is O=C1c2ccccc2N[C@H](c2ccc(O)cc2)N1Cc1ccco1. The van der Waals surface area contributed by atoms with E-state index in [9.17, 15) is 9.90 Å². The van der Waals surface area contributed by atoms with Gasteiger partial charge < -0.3 is 19.7 Å². The first kappa shape index (κ1) is 14.4. The van der Waals surface area contributed by atoms with Gasteiger partial charge >= 0.3 is 0 Å². The van der Waals surface area contributed by atoms with Crippen molar-refractivity contribution in [2.45, 2.75) is 12.7 Å². The molecule has 0 saturated heterocycles. The molecule has 3 aromatic rings. The Balaban J connectivity index is 1.76. The summed E-state index contributed by atoms with van der Waals surface area (Å²) in [7, 11) is 0. The van der Waals surface area contributed by atoms with Crippen molar-refractivity contribution in [3.8, 4) is 5.75 Å². The number of amides is 1. The van der Waals surface area contributed by atoms with Gasteiger partial charge in [-0.1, -0.05) is 24.3 Å². The second-order valence-corrected chi connectivity index (χ2v) is 5.70. The second-order valence-electron chi connectivity index (χ2n) is 5.70. The monoisotopic (exact) mass is 320 g/mol. The predicted molar refractivity (Wildman–Crippen MR) is 89.5 cm³/mol. The van der Waals surface area contributed by atoms with Crippen molar-refractivity contribution in [3.05, 3.63) is 83.8 Å². The topological polar surface area (TPSA) is 65.7 Å². The Morgan fingerprint density at radius 1 is 1.04 bits per heavy atom. The van der Waals surface area contributed by atoms with Crippen LogP contribution in [0.4, 0.5) is 5.69 Å². The summed E-state index contributed by atoms with van der Waals surface area (Å²) in [6.45, 7) is 0.360. The third-order valence-electron chi connectivity index (χ3n) is 4.14. The Kier molecular flexibility index (Phi) is 3.46. The molecule has 0 bridgehead atoms. The van der Waals surface area contributed by atoms with Crippen LogP contribution in [0.15, 0.2) is 71.3 Å². The highest BCUT2D eigenvalue weighted by Crippen LogP contribution is 2.34. The van der Waals surface area contributed by atoms with Gasteiger partial charge in [0.05, 0.1) is 18.4 Å². The molecule has 0 aliphatic carbocycles. The molecular weight excluding hydrogens is 304 g/mol. The largest absolute Gasteiger partial charge is 0.508 e. The molecule has 1 aliphatic rings. The summed E-state index contributed by atoms with van der Waals surface area (Å²) in [5.74, 6) is 0.853. The normalized spacial score (nSPS) is 16.6. The first-order chi connectivity index (χ1) is 11.7. The first-order valence-corrected chi connectivity index (χ1v) is 7.70. The van der Waals surface area contributed by atoms with Crippen molar-refractivity contribution in [2.75, 3.05) is 5.32 Å². The van der Waals surface area contributed by atoms with Gasteiger partial charge in [-0.2, -0.15) is 0 Å². The zero-order valence-electron chi connectivity index (χ0n) is 12.8. The average Bonchev–Trinajstić information content (AvgIpc) is 3.11. The summed E-state index contributed by atoms with van der Waals surface area (Å²) in [6, 6.07) is 18.0. The highest BCUT2D eigenvalue weighted by Gasteiger charge is 2.33. The molecule has 0 radical (unpaired) electrons. The van der Waals surface area contributed by atoms with Crippen LogP contribution in [-0.2, 0) is 6.54 Å². The molecule has 0 spiro atoms. The fourth-order valence-electron chi connectivity index (χ4n) is 2.95. The molecule has 4 rings (SSSR count). The van der Waals surface area contributed by atoms with Crippen LogP contribution in [0, 0.1) is 0 Å². The minimum Gasteiger partial charge on any atom is -0.508 e. The number of rotatable bonds is 3. The maximum absolute atomic E-state index is 13.0. The standard InChI is InChI=1S/C19H16N2O3/c22-14-9-7-13(8-10-14)18-20-17-6-2-1-5-16(17)19(23)21(18)12-15-4-3-11-24-15/h1-11,18,20,22H,12H2/t18-/m0/s1. The number of hydrogen-bond donors (Lipinski definition) is 2. The number of anilines is 1. The van der Waals surface area contributed by atoms with Crippen LogP contribution in [0.5, 0.6) is 5.75 Å². The van der Waals surface area contributed by atoms with E-state index in [4.69, 9.17) is 4.42 Å². The number of hydrogen-bond acceptors (Lipinski definition) is 4. The maximum atomic E-state index is 13.0. The zero-order valence-corrected chi connectivity index (χ0v) is 12.8. The average molecular weight is 320 g/mol.